The van der Waals surface area contributed by atoms with Crippen LogP contribution in [0.5, 0.6) is 11.5 Å². The second-order valence-corrected chi connectivity index (χ2v) is 10.6. The maximum absolute atomic E-state index is 13.5. The summed E-state index contributed by atoms with van der Waals surface area (Å²) in [5, 5.41) is 11.5. The molecular formula is C34H38N2O6. The monoisotopic (exact) mass is 570 g/mol. The summed E-state index contributed by atoms with van der Waals surface area (Å²) in [6, 6.07) is 21.9. The van der Waals surface area contributed by atoms with Crippen molar-refractivity contribution >= 4 is 17.4 Å². The predicted molar refractivity (Wildman–Crippen MR) is 160 cm³/mol. The number of aliphatic hydroxyl groups is 1. The van der Waals surface area contributed by atoms with E-state index in [1.807, 2.05) is 68.4 Å². The Balaban J connectivity index is 1.45. The summed E-state index contributed by atoms with van der Waals surface area (Å²) in [4.78, 5) is 30.7. The number of likely N-dealkylation sites (tertiary alicyclic amines) is 1. The normalized spacial score (nSPS) is 18.8. The standard InChI is InChI=1S/C34H38N2O6/c1-3-19-41-29-14-11-27(22-24(29)2)32(37)30-31(36(34(39)33(30)38)16-15-35-17-20-40-21-18-35)26-9-12-28(13-10-26)42-23-25-7-5-4-6-8-25/h4-14,22,31,37H,3,15-21,23H2,1-2H3/b32-30+. The summed E-state index contributed by atoms with van der Waals surface area (Å²) < 4.78 is 17.2. The molecule has 2 fully saturated rings. The van der Waals surface area contributed by atoms with Gasteiger partial charge in [-0.2, -0.15) is 0 Å². The SMILES string of the molecule is CCCOc1ccc(/C(O)=C2\C(=O)C(=O)N(CCN3CCOCC3)C2c2ccc(OCc3ccccc3)cc2)cc1C. The van der Waals surface area contributed by atoms with Crippen molar-refractivity contribution in [2.45, 2.75) is 32.9 Å². The third-order valence-electron chi connectivity index (χ3n) is 7.66. The number of ketones is 1. The number of carbonyl (C=O) groups excluding carboxylic acids is 2. The van der Waals surface area contributed by atoms with E-state index in [9.17, 15) is 14.7 Å². The molecule has 0 spiro atoms. The molecule has 3 aromatic carbocycles. The zero-order valence-electron chi connectivity index (χ0n) is 24.3. The molecule has 2 saturated heterocycles. The van der Waals surface area contributed by atoms with Gasteiger partial charge in [0, 0.05) is 31.7 Å². The Morgan fingerprint density at radius 3 is 2.38 bits per heavy atom. The first-order chi connectivity index (χ1) is 20.5. The molecule has 3 aromatic rings. The first kappa shape index (κ1) is 29.4. The van der Waals surface area contributed by atoms with Gasteiger partial charge in [-0.3, -0.25) is 14.5 Å². The molecule has 1 N–H and O–H groups in total. The van der Waals surface area contributed by atoms with Crippen LogP contribution in [0.2, 0.25) is 0 Å². The summed E-state index contributed by atoms with van der Waals surface area (Å²) in [5.74, 6) is -0.0957. The van der Waals surface area contributed by atoms with Gasteiger partial charge in [0.2, 0.25) is 0 Å². The molecule has 220 valence electrons. The first-order valence-electron chi connectivity index (χ1n) is 14.5. The van der Waals surface area contributed by atoms with Gasteiger partial charge in [-0.15, -0.1) is 0 Å². The third kappa shape index (κ3) is 6.66. The Hall–Kier alpha value is -4.14. The van der Waals surface area contributed by atoms with Gasteiger partial charge < -0.3 is 24.2 Å². The van der Waals surface area contributed by atoms with Crippen LogP contribution in [0.3, 0.4) is 0 Å². The van der Waals surface area contributed by atoms with Gasteiger partial charge in [-0.25, -0.2) is 0 Å². The van der Waals surface area contributed by atoms with Crippen molar-refractivity contribution < 1.29 is 28.9 Å². The number of amides is 1. The third-order valence-corrected chi connectivity index (χ3v) is 7.66. The van der Waals surface area contributed by atoms with Crippen molar-refractivity contribution in [1.29, 1.82) is 0 Å². The number of Topliss-reactive ketones (excluding diaryl/α,β-unsaturated/α-hetero) is 1. The molecule has 1 amide bonds. The Bertz CT molecular complexity index is 1410. The maximum atomic E-state index is 13.5. The fraction of sp³-hybridized carbons (Fsp3) is 0.353. The number of hydrogen-bond acceptors (Lipinski definition) is 7. The molecule has 5 rings (SSSR count). The second kappa shape index (κ2) is 13.7. The highest BCUT2D eigenvalue weighted by atomic mass is 16.5. The van der Waals surface area contributed by atoms with Crippen LogP contribution < -0.4 is 9.47 Å². The van der Waals surface area contributed by atoms with Gasteiger partial charge in [-0.05, 0) is 60.4 Å². The Morgan fingerprint density at radius 1 is 0.952 bits per heavy atom. The minimum atomic E-state index is -0.731. The molecule has 0 aliphatic carbocycles. The topological polar surface area (TPSA) is 88.5 Å². The predicted octanol–water partition coefficient (Wildman–Crippen LogP) is 5.12. The van der Waals surface area contributed by atoms with Crippen LogP contribution in [0.1, 0.15) is 41.6 Å². The summed E-state index contributed by atoms with van der Waals surface area (Å²) in [6.07, 6.45) is 0.880. The largest absolute Gasteiger partial charge is 0.507 e. The maximum Gasteiger partial charge on any atom is 0.295 e. The van der Waals surface area contributed by atoms with Crippen molar-refractivity contribution in [3.05, 3.63) is 101 Å². The van der Waals surface area contributed by atoms with Crippen LogP contribution in [0.15, 0.2) is 78.4 Å². The summed E-state index contributed by atoms with van der Waals surface area (Å²) in [7, 11) is 0. The molecule has 8 nitrogen and oxygen atoms in total. The average molecular weight is 571 g/mol. The Labute approximate surface area is 247 Å². The van der Waals surface area contributed by atoms with Gasteiger partial charge in [0.25, 0.3) is 11.7 Å². The number of rotatable bonds is 11. The second-order valence-electron chi connectivity index (χ2n) is 10.6. The summed E-state index contributed by atoms with van der Waals surface area (Å²) >= 11 is 0. The first-order valence-corrected chi connectivity index (χ1v) is 14.5. The summed E-state index contributed by atoms with van der Waals surface area (Å²) in [5.41, 5.74) is 3.17. The highest BCUT2D eigenvalue weighted by molar-refractivity contribution is 6.46. The molecular weight excluding hydrogens is 532 g/mol. The number of hydrogen-bond donors (Lipinski definition) is 1. The number of aryl methyl sites for hydroxylation is 1. The molecule has 42 heavy (non-hydrogen) atoms. The van der Waals surface area contributed by atoms with Gasteiger partial charge >= 0.3 is 0 Å². The van der Waals surface area contributed by atoms with E-state index >= 15 is 0 Å². The van der Waals surface area contributed by atoms with Crippen LogP contribution in [0.25, 0.3) is 5.76 Å². The van der Waals surface area contributed by atoms with E-state index in [-0.39, 0.29) is 11.3 Å². The fourth-order valence-electron chi connectivity index (χ4n) is 5.34. The van der Waals surface area contributed by atoms with Crippen molar-refractivity contribution in [1.82, 2.24) is 9.80 Å². The number of morpholine rings is 1. The molecule has 2 aliphatic rings. The number of nitrogens with zero attached hydrogens (tertiary/aromatic N) is 2. The molecule has 1 atom stereocenters. The highest BCUT2D eigenvalue weighted by Crippen LogP contribution is 2.40. The van der Waals surface area contributed by atoms with E-state index in [1.54, 1.807) is 23.1 Å². The molecule has 0 aromatic heterocycles. The minimum absolute atomic E-state index is 0.0848. The number of aliphatic hydroxyl groups excluding tert-OH is 1. The lowest BCUT2D eigenvalue weighted by Crippen LogP contribution is -2.42. The Kier molecular flexibility index (Phi) is 9.56. The lowest BCUT2D eigenvalue weighted by atomic mass is 9.94. The Morgan fingerprint density at radius 2 is 1.69 bits per heavy atom. The van der Waals surface area contributed by atoms with Crippen molar-refractivity contribution in [3.8, 4) is 11.5 Å². The van der Waals surface area contributed by atoms with Crippen molar-refractivity contribution in [2.75, 3.05) is 46.0 Å². The van der Waals surface area contributed by atoms with Gasteiger partial charge in [0.1, 0.15) is 23.9 Å². The van der Waals surface area contributed by atoms with Crippen LogP contribution in [0, 0.1) is 6.92 Å². The summed E-state index contributed by atoms with van der Waals surface area (Å²) in [6.45, 7) is 8.73. The lowest BCUT2D eigenvalue weighted by Gasteiger charge is -2.31. The molecule has 0 saturated carbocycles. The molecule has 2 aliphatic heterocycles. The van der Waals surface area contributed by atoms with Gasteiger partial charge in [0.15, 0.2) is 0 Å². The van der Waals surface area contributed by atoms with E-state index in [4.69, 9.17) is 14.2 Å². The zero-order chi connectivity index (χ0) is 29.5. The van der Waals surface area contributed by atoms with Crippen LogP contribution >= 0.6 is 0 Å². The van der Waals surface area contributed by atoms with Gasteiger partial charge in [-0.1, -0.05) is 49.4 Å². The average Bonchev–Trinajstić information content (AvgIpc) is 3.28. The number of ether oxygens (including phenoxy) is 3. The van der Waals surface area contributed by atoms with E-state index in [0.29, 0.717) is 50.8 Å². The van der Waals surface area contributed by atoms with Crippen LogP contribution in [-0.4, -0.2) is 72.6 Å². The molecule has 1 unspecified atom stereocenters. The fourth-order valence-corrected chi connectivity index (χ4v) is 5.34. The lowest BCUT2D eigenvalue weighted by molar-refractivity contribution is -0.140. The molecule has 0 bridgehead atoms. The highest BCUT2D eigenvalue weighted by Gasteiger charge is 2.46. The van der Waals surface area contributed by atoms with E-state index < -0.39 is 17.7 Å². The molecule has 2 heterocycles. The van der Waals surface area contributed by atoms with E-state index in [2.05, 4.69) is 4.90 Å². The van der Waals surface area contributed by atoms with Crippen LogP contribution in [-0.2, 0) is 20.9 Å². The number of benzene rings is 3. The van der Waals surface area contributed by atoms with Gasteiger partial charge in [0.05, 0.1) is 31.4 Å². The zero-order valence-corrected chi connectivity index (χ0v) is 24.3. The number of carbonyl (C=O) groups is 2. The van der Waals surface area contributed by atoms with Crippen molar-refractivity contribution in [2.24, 2.45) is 0 Å². The van der Waals surface area contributed by atoms with E-state index in [1.165, 1.54) is 0 Å². The molecule has 8 heteroatoms. The quantitative estimate of drug-likeness (QED) is 0.195. The van der Waals surface area contributed by atoms with E-state index in [0.717, 1.165) is 42.0 Å². The minimum Gasteiger partial charge on any atom is -0.507 e. The van der Waals surface area contributed by atoms with Crippen LogP contribution in [0.4, 0.5) is 0 Å². The van der Waals surface area contributed by atoms with Crippen molar-refractivity contribution in [3.63, 3.8) is 0 Å². The smallest absolute Gasteiger partial charge is 0.295 e. The molecule has 0 radical (unpaired) electrons.